The number of amides is 2. The number of methoxy groups -OCH3 is 1. The number of nitrogens with one attached hydrogen (secondary N) is 2. The van der Waals surface area contributed by atoms with E-state index in [0.29, 0.717) is 34.3 Å². The SMILES string of the molecule is COc1cc(C(=O)NNC(=O)c2ccc3c(=O)n4c(nc3c2)CCC4)ccc1C. The summed E-state index contributed by atoms with van der Waals surface area (Å²) in [5, 5.41) is 0.475. The van der Waals surface area contributed by atoms with E-state index < -0.39 is 11.8 Å². The number of hydrogen-bond donors (Lipinski definition) is 2. The Labute approximate surface area is 166 Å². The molecule has 1 aliphatic rings. The van der Waals surface area contributed by atoms with Crippen molar-refractivity contribution in [2.45, 2.75) is 26.3 Å². The number of aryl methyl sites for hydroxylation is 2. The van der Waals surface area contributed by atoms with Crippen LogP contribution in [0.2, 0.25) is 0 Å². The smallest absolute Gasteiger partial charge is 0.269 e. The summed E-state index contributed by atoms with van der Waals surface area (Å²) >= 11 is 0. The maximum atomic E-state index is 12.5. The van der Waals surface area contributed by atoms with Gasteiger partial charge in [-0.2, -0.15) is 0 Å². The summed E-state index contributed by atoms with van der Waals surface area (Å²) in [5.74, 6) is 0.360. The largest absolute Gasteiger partial charge is 0.496 e. The lowest BCUT2D eigenvalue weighted by molar-refractivity contribution is 0.0846. The van der Waals surface area contributed by atoms with Gasteiger partial charge in [0, 0.05) is 24.1 Å². The number of nitrogens with zero attached hydrogens (tertiary/aromatic N) is 2. The Morgan fingerprint density at radius 3 is 2.48 bits per heavy atom. The van der Waals surface area contributed by atoms with E-state index in [2.05, 4.69) is 15.8 Å². The highest BCUT2D eigenvalue weighted by atomic mass is 16.5. The molecule has 4 rings (SSSR count). The van der Waals surface area contributed by atoms with Crippen molar-refractivity contribution in [2.75, 3.05) is 7.11 Å². The van der Waals surface area contributed by atoms with Crippen LogP contribution in [0.5, 0.6) is 5.75 Å². The van der Waals surface area contributed by atoms with Gasteiger partial charge in [0.05, 0.1) is 18.0 Å². The highest BCUT2D eigenvalue weighted by Gasteiger charge is 2.17. The van der Waals surface area contributed by atoms with Gasteiger partial charge in [0.1, 0.15) is 11.6 Å². The van der Waals surface area contributed by atoms with Crippen molar-refractivity contribution >= 4 is 22.7 Å². The Morgan fingerprint density at radius 2 is 1.76 bits per heavy atom. The van der Waals surface area contributed by atoms with Crippen molar-refractivity contribution in [3.8, 4) is 5.75 Å². The average molecular weight is 392 g/mol. The fraction of sp³-hybridized carbons (Fsp3) is 0.238. The molecule has 0 aliphatic carbocycles. The summed E-state index contributed by atoms with van der Waals surface area (Å²) in [7, 11) is 1.53. The third-order valence-corrected chi connectivity index (χ3v) is 5.04. The van der Waals surface area contributed by atoms with Crippen molar-refractivity contribution in [2.24, 2.45) is 0 Å². The molecule has 0 saturated carbocycles. The lowest BCUT2D eigenvalue weighted by Gasteiger charge is -2.10. The first kappa shape index (κ1) is 18.7. The van der Waals surface area contributed by atoms with E-state index in [0.717, 1.165) is 24.2 Å². The first-order chi connectivity index (χ1) is 14.0. The fourth-order valence-electron chi connectivity index (χ4n) is 3.44. The van der Waals surface area contributed by atoms with Crippen LogP contribution in [0.25, 0.3) is 10.9 Å². The van der Waals surface area contributed by atoms with E-state index >= 15 is 0 Å². The Bertz CT molecular complexity index is 1200. The first-order valence-electron chi connectivity index (χ1n) is 9.27. The molecule has 1 aromatic heterocycles. The van der Waals surface area contributed by atoms with E-state index in [-0.39, 0.29) is 5.56 Å². The monoisotopic (exact) mass is 392 g/mol. The molecule has 2 heterocycles. The molecule has 0 saturated heterocycles. The third-order valence-electron chi connectivity index (χ3n) is 5.04. The second-order valence-electron chi connectivity index (χ2n) is 6.91. The maximum Gasteiger partial charge on any atom is 0.269 e. The van der Waals surface area contributed by atoms with Crippen LogP contribution in [0, 0.1) is 6.92 Å². The van der Waals surface area contributed by atoms with Crippen LogP contribution < -0.4 is 21.1 Å². The topological polar surface area (TPSA) is 102 Å². The molecule has 0 fully saturated rings. The molecule has 148 valence electrons. The van der Waals surface area contributed by atoms with Gasteiger partial charge < -0.3 is 4.74 Å². The van der Waals surface area contributed by atoms with E-state index in [4.69, 9.17) is 4.74 Å². The number of benzene rings is 2. The van der Waals surface area contributed by atoms with Gasteiger partial charge in [0.2, 0.25) is 0 Å². The Balaban J connectivity index is 1.51. The van der Waals surface area contributed by atoms with Crippen molar-refractivity contribution in [3.05, 3.63) is 69.3 Å². The van der Waals surface area contributed by atoms with Gasteiger partial charge in [-0.1, -0.05) is 6.07 Å². The molecule has 8 nitrogen and oxygen atoms in total. The van der Waals surface area contributed by atoms with Crippen LogP contribution in [-0.4, -0.2) is 28.5 Å². The molecule has 1 aliphatic heterocycles. The number of carbonyl (C=O) groups excluding carboxylic acids is 2. The molecular weight excluding hydrogens is 372 g/mol. The quantitative estimate of drug-likeness (QED) is 0.661. The normalized spacial score (nSPS) is 12.5. The highest BCUT2D eigenvalue weighted by Crippen LogP contribution is 2.19. The summed E-state index contributed by atoms with van der Waals surface area (Å²) in [4.78, 5) is 41.8. The highest BCUT2D eigenvalue weighted by molar-refractivity contribution is 6.00. The molecule has 0 radical (unpaired) electrons. The zero-order valence-electron chi connectivity index (χ0n) is 16.1. The van der Waals surface area contributed by atoms with Gasteiger partial charge in [-0.05, 0) is 49.2 Å². The molecule has 0 bridgehead atoms. The number of ether oxygens (including phenoxy) is 1. The lowest BCUT2D eigenvalue weighted by atomic mass is 10.1. The van der Waals surface area contributed by atoms with Crippen molar-refractivity contribution in [1.82, 2.24) is 20.4 Å². The minimum Gasteiger partial charge on any atom is -0.496 e. The fourth-order valence-corrected chi connectivity index (χ4v) is 3.44. The lowest BCUT2D eigenvalue weighted by Crippen LogP contribution is -2.41. The van der Waals surface area contributed by atoms with Gasteiger partial charge in [-0.3, -0.25) is 29.8 Å². The van der Waals surface area contributed by atoms with Gasteiger partial charge in [-0.25, -0.2) is 4.98 Å². The predicted molar refractivity (Wildman–Crippen MR) is 107 cm³/mol. The molecule has 0 spiro atoms. The maximum absolute atomic E-state index is 12.5. The first-order valence-corrected chi connectivity index (χ1v) is 9.27. The van der Waals surface area contributed by atoms with Crippen LogP contribution in [0.15, 0.2) is 41.2 Å². The summed E-state index contributed by atoms with van der Waals surface area (Å²) in [6.07, 6.45) is 1.64. The Hall–Kier alpha value is -3.68. The molecule has 0 atom stereocenters. The summed E-state index contributed by atoms with van der Waals surface area (Å²) < 4.78 is 6.89. The molecule has 2 N–H and O–H groups in total. The zero-order valence-corrected chi connectivity index (χ0v) is 16.1. The number of fused-ring (bicyclic) bond motifs is 2. The molecule has 2 aromatic carbocycles. The molecule has 8 heteroatoms. The number of hydrogen-bond acceptors (Lipinski definition) is 5. The number of hydrazine groups is 1. The summed E-state index contributed by atoms with van der Waals surface area (Å²) in [6, 6.07) is 9.72. The average Bonchev–Trinajstić information content (AvgIpc) is 3.20. The van der Waals surface area contributed by atoms with Gasteiger partial charge >= 0.3 is 0 Å². The van der Waals surface area contributed by atoms with Crippen molar-refractivity contribution in [1.29, 1.82) is 0 Å². The zero-order chi connectivity index (χ0) is 20.5. The van der Waals surface area contributed by atoms with Crippen LogP contribution in [0.1, 0.15) is 38.5 Å². The predicted octanol–water partition coefficient (Wildman–Crippen LogP) is 1.73. The van der Waals surface area contributed by atoms with E-state index in [9.17, 15) is 14.4 Å². The molecule has 3 aromatic rings. The summed E-state index contributed by atoms with van der Waals surface area (Å²) in [5.41, 5.74) is 6.73. The van der Waals surface area contributed by atoms with Crippen LogP contribution >= 0.6 is 0 Å². The van der Waals surface area contributed by atoms with E-state index in [1.807, 2.05) is 6.92 Å². The number of carbonyl (C=O) groups is 2. The van der Waals surface area contributed by atoms with Crippen LogP contribution in [-0.2, 0) is 13.0 Å². The van der Waals surface area contributed by atoms with E-state index in [1.165, 1.54) is 7.11 Å². The van der Waals surface area contributed by atoms with Gasteiger partial charge in [-0.15, -0.1) is 0 Å². The second kappa shape index (κ2) is 7.38. The standard InChI is InChI=1S/C21H20N4O4/c1-12-5-6-14(11-17(12)29-2)20(27)24-23-19(26)13-7-8-15-16(10-13)22-18-4-3-9-25(18)21(15)28/h5-8,10-11H,3-4,9H2,1-2H3,(H,23,26)(H,24,27). The van der Waals surface area contributed by atoms with Crippen LogP contribution in [0.3, 0.4) is 0 Å². The second-order valence-corrected chi connectivity index (χ2v) is 6.91. The van der Waals surface area contributed by atoms with Gasteiger partial charge in [0.15, 0.2) is 0 Å². The van der Waals surface area contributed by atoms with Crippen molar-refractivity contribution in [3.63, 3.8) is 0 Å². The third kappa shape index (κ3) is 3.44. The minimum atomic E-state index is -0.498. The van der Waals surface area contributed by atoms with Crippen LogP contribution in [0.4, 0.5) is 0 Å². The van der Waals surface area contributed by atoms with Gasteiger partial charge in [0.25, 0.3) is 17.4 Å². The Kier molecular flexibility index (Phi) is 4.75. The molecule has 29 heavy (non-hydrogen) atoms. The Morgan fingerprint density at radius 1 is 1.07 bits per heavy atom. The van der Waals surface area contributed by atoms with E-state index in [1.54, 1.807) is 41.0 Å². The van der Waals surface area contributed by atoms with Crippen molar-refractivity contribution < 1.29 is 14.3 Å². The number of rotatable bonds is 3. The molecule has 0 unspecified atom stereocenters. The number of aromatic nitrogens is 2. The molecule has 2 amide bonds. The summed E-state index contributed by atoms with van der Waals surface area (Å²) in [6.45, 7) is 2.55. The minimum absolute atomic E-state index is 0.0870. The molecular formula is C21H20N4O4.